The van der Waals surface area contributed by atoms with E-state index in [4.69, 9.17) is 0 Å². The highest BCUT2D eigenvalue weighted by atomic mass is 14.3. The number of benzene rings is 3. The summed E-state index contributed by atoms with van der Waals surface area (Å²) in [5, 5.41) is 0. The quantitative estimate of drug-likeness (QED) is 0.349. The number of hydrogen-bond donors (Lipinski definition) is 0. The molecule has 4 rings (SSSR count). The highest BCUT2D eigenvalue weighted by molar-refractivity contribution is 5.43. The van der Waals surface area contributed by atoms with Crippen LogP contribution in [0.25, 0.3) is 0 Å². The lowest BCUT2D eigenvalue weighted by Gasteiger charge is -2.27. The van der Waals surface area contributed by atoms with Crippen molar-refractivity contribution in [2.45, 2.75) is 97.8 Å². The molecule has 0 amide bonds. The van der Waals surface area contributed by atoms with Gasteiger partial charge in [-0.05, 0) is 101 Å². The molecule has 180 valence electrons. The lowest BCUT2D eigenvalue weighted by molar-refractivity contribution is 0.348. The summed E-state index contributed by atoms with van der Waals surface area (Å²) >= 11 is 0. The lowest BCUT2D eigenvalue weighted by Crippen LogP contribution is -2.14. The molecule has 1 aliphatic carbocycles. The molecular weight excluding hydrogens is 408 g/mol. The maximum atomic E-state index is 2.53. The molecule has 0 bridgehead atoms. The first-order valence-electron chi connectivity index (χ1n) is 13.5. The van der Waals surface area contributed by atoms with E-state index in [1.54, 1.807) is 5.56 Å². The number of rotatable bonds is 6. The Hall–Kier alpha value is -2.34. The van der Waals surface area contributed by atoms with E-state index in [2.05, 4.69) is 102 Å². The Morgan fingerprint density at radius 1 is 0.735 bits per heavy atom. The van der Waals surface area contributed by atoms with Crippen LogP contribution in [0.2, 0.25) is 0 Å². The molecule has 0 saturated heterocycles. The average Bonchev–Trinajstić information content (AvgIpc) is 2.81. The molecule has 0 N–H and O–H groups in total. The van der Waals surface area contributed by atoms with Crippen molar-refractivity contribution in [1.82, 2.24) is 0 Å². The molecule has 0 radical (unpaired) electrons. The van der Waals surface area contributed by atoms with E-state index in [9.17, 15) is 0 Å². The third-order valence-corrected chi connectivity index (χ3v) is 8.11. The predicted octanol–water partition coefficient (Wildman–Crippen LogP) is 9.33. The number of aryl methyl sites for hydroxylation is 2. The fraction of sp³-hybridized carbons (Fsp3) is 0.471. The highest BCUT2D eigenvalue weighted by Gasteiger charge is 2.21. The van der Waals surface area contributed by atoms with Crippen molar-refractivity contribution in [3.63, 3.8) is 0 Å². The van der Waals surface area contributed by atoms with Crippen LogP contribution in [0.1, 0.15) is 111 Å². The molecule has 1 saturated carbocycles. The van der Waals surface area contributed by atoms with Crippen LogP contribution in [-0.4, -0.2) is 0 Å². The summed E-state index contributed by atoms with van der Waals surface area (Å²) in [5.41, 5.74) is 12.0. The topological polar surface area (TPSA) is 0 Å². The Morgan fingerprint density at radius 2 is 1.47 bits per heavy atom. The van der Waals surface area contributed by atoms with Crippen LogP contribution in [-0.2, 0) is 24.7 Å². The van der Waals surface area contributed by atoms with Crippen molar-refractivity contribution in [3.8, 4) is 0 Å². The van der Waals surface area contributed by atoms with Crippen molar-refractivity contribution in [3.05, 3.63) is 105 Å². The van der Waals surface area contributed by atoms with E-state index in [1.165, 1.54) is 64.6 Å². The summed E-state index contributed by atoms with van der Waals surface area (Å²) in [6.07, 6.45) is 8.65. The van der Waals surface area contributed by atoms with Crippen LogP contribution < -0.4 is 0 Å². The summed E-state index contributed by atoms with van der Waals surface area (Å²) < 4.78 is 0. The van der Waals surface area contributed by atoms with Gasteiger partial charge in [-0.3, -0.25) is 0 Å². The maximum absolute atomic E-state index is 2.53. The van der Waals surface area contributed by atoms with Gasteiger partial charge in [0.05, 0.1) is 0 Å². The Labute approximate surface area is 208 Å². The molecule has 0 heteroatoms. The Bertz CT molecular complexity index is 1100. The highest BCUT2D eigenvalue weighted by Crippen LogP contribution is 2.36. The molecule has 0 nitrogen and oxygen atoms in total. The van der Waals surface area contributed by atoms with Gasteiger partial charge in [-0.2, -0.15) is 0 Å². The van der Waals surface area contributed by atoms with E-state index in [1.807, 2.05) is 0 Å². The molecular formula is C34H44. The van der Waals surface area contributed by atoms with E-state index in [-0.39, 0.29) is 5.41 Å². The SMILES string of the molecule is CCc1cc(C2CCC(C)CC2)ccc1Cc1ccc(C)c(Cc2ccccc2C(C)(C)C)c1. The van der Waals surface area contributed by atoms with Gasteiger partial charge < -0.3 is 0 Å². The van der Waals surface area contributed by atoms with Gasteiger partial charge in [0.25, 0.3) is 0 Å². The minimum absolute atomic E-state index is 0.163. The Kier molecular flexibility index (Phi) is 7.66. The summed E-state index contributed by atoms with van der Waals surface area (Å²) in [6.45, 7) is 13.9. The maximum Gasteiger partial charge on any atom is -0.00201 e. The van der Waals surface area contributed by atoms with Crippen LogP contribution in [0.5, 0.6) is 0 Å². The van der Waals surface area contributed by atoms with Crippen LogP contribution in [0, 0.1) is 12.8 Å². The van der Waals surface area contributed by atoms with Crippen LogP contribution in [0.3, 0.4) is 0 Å². The molecule has 0 aromatic heterocycles. The predicted molar refractivity (Wildman–Crippen MR) is 148 cm³/mol. The zero-order valence-corrected chi connectivity index (χ0v) is 22.4. The standard InChI is InChI=1S/C34H44/c1-7-27-22-30(28-16-12-24(2)13-17-28)19-18-29(27)20-26-15-14-25(3)32(21-26)23-31-10-8-9-11-33(31)34(4,5)6/h8-11,14-15,18-19,21-22,24,28H,7,12-13,16-17,20,23H2,1-6H3. The van der Waals surface area contributed by atoms with Gasteiger partial charge in [-0.15, -0.1) is 0 Å². The third kappa shape index (κ3) is 5.83. The van der Waals surface area contributed by atoms with E-state index >= 15 is 0 Å². The first kappa shape index (κ1) is 24.8. The largest absolute Gasteiger partial charge is 0.0625 e. The average molecular weight is 453 g/mol. The zero-order chi connectivity index (χ0) is 24.3. The smallest absolute Gasteiger partial charge is 0.00201 e. The minimum Gasteiger partial charge on any atom is -0.0625 e. The second-order valence-corrected chi connectivity index (χ2v) is 11.9. The van der Waals surface area contributed by atoms with Gasteiger partial charge in [-0.1, -0.05) is 108 Å². The molecule has 3 aromatic carbocycles. The second-order valence-electron chi connectivity index (χ2n) is 11.9. The molecule has 0 atom stereocenters. The third-order valence-electron chi connectivity index (χ3n) is 8.11. The monoisotopic (exact) mass is 452 g/mol. The fourth-order valence-corrected chi connectivity index (χ4v) is 5.85. The fourth-order valence-electron chi connectivity index (χ4n) is 5.85. The van der Waals surface area contributed by atoms with Crippen LogP contribution in [0.15, 0.2) is 60.7 Å². The summed E-state index contributed by atoms with van der Waals surface area (Å²) in [5.74, 6) is 1.68. The van der Waals surface area contributed by atoms with Crippen LogP contribution in [0.4, 0.5) is 0 Å². The van der Waals surface area contributed by atoms with Crippen molar-refractivity contribution < 1.29 is 0 Å². The van der Waals surface area contributed by atoms with E-state index in [0.717, 1.165) is 31.1 Å². The Morgan fingerprint density at radius 3 is 2.18 bits per heavy atom. The molecule has 0 unspecified atom stereocenters. The molecule has 0 aliphatic heterocycles. The molecule has 1 aliphatic rings. The van der Waals surface area contributed by atoms with Crippen molar-refractivity contribution in [2.75, 3.05) is 0 Å². The summed E-state index contributed by atoms with van der Waals surface area (Å²) in [6, 6.07) is 23.5. The van der Waals surface area contributed by atoms with Gasteiger partial charge in [0.2, 0.25) is 0 Å². The van der Waals surface area contributed by atoms with E-state index < -0.39 is 0 Å². The minimum atomic E-state index is 0.163. The lowest BCUT2D eigenvalue weighted by atomic mass is 9.78. The molecule has 1 fully saturated rings. The Balaban J connectivity index is 1.56. The van der Waals surface area contributed by atoms with Crippen molar-refractivity contribution in [2.24, 2.45) is 5.92 Å². The van der Waals surface area contributed by atoms with Crippen LogP contribution >= 0.6 is 0 Å². The first-order chi connectivity index (χ1) is 16.2. The molecule has 0 heterocycles. The zero-order valence-electron chi connectivity index (χ0n) is 22.4. The second kappa shape index (κ2) is 10.5. The first-order valence-corrected chi connectivity index (χ1v) is 13.5. The van der Waals surface area contributed by atoms with Gasteiger partial charge in [0, 0.05) is 0 Å². The molecule has 34 heavy (non-hydrogen) atoms. The van der Waals surface area contributed by atoms with E-state index in [0.29, 0.717) is 0 Å². The normalized spacial score (nSPS) is 18.8. The van der Waals surface area contributed by atoms with Gasteiger partial charge in [0.15, 0.2) is 0 Å². The summed E-state index contributed by atoms with van der Waals surface area (Å²) in [7, 11) is 0. The van der Waals surface area contributed by atoms with Crippen molar-refractivity contribution >= 4 is 0 Å². The molecule has 3 aromatic rings. The van der Waals surface area contributed by atoms with Gasteiger partial charge >= 0.3 is 0 Å². The summed E-state index contributed by atoms with van der Waals surface area (Å²) in [4.78, 5) is 0. The molecule has 0 spiro atoms. The van der Waals surface area contributed by atoms with Gasteiger partial charge in [0.1, 0.15) is 0 Å². The number of hydrogen-bond acceptors (Lipinski definition) is 0. The van der Waals surface area contributed by atoms with Gasteiger partial charge in [-0.25, -0.2) is 0 Å². The van der Waals surface area contributed by atoms with Crippen molar-refractivity contribution in [1.29, 1.82) is 0 Å².